The number of amides is 1. The van der Waals surface area contributed by atoms with Gasteiger partial charge < -0.3 is 15.2 Å². The van der Waals surface area contributed by atoms with Crippen LogP contribution in [0, 0.1) is 0 Å². The second-order valence-electron chi connectivity index (χ2n) is 5.98. The van der Waals surface area contributed by atoms with Crippen molar-refractivity contribution in [1.82, 2.24) is 15.1 Å². The van der Waals surface area contributed by atoms with Crippen LogP contribution in [0.25, 0.3) is 10.8 Å². The van der Waals surface area contributed by atoms with E-state index in [0.29, 0.717) is 16.5 Å². The zero-order valence-electron chi connectivity index (χ0n) is 14.4. The van der Waals surface area contributed by atoms with Crippen LogP contribution in [0.1, 0.15) is 16.1 Å². The van der Waals surface area contributed by atoms with Gasteiger partial charge in [-0.05, 0) is 30.2 Å². The van der Waals surface area contributed by atoms with E-state index < -0.39 is 29.7 Å². The molecule has 144 valence electrons. The molecule has 0 aliphatic carbocycles. The highest BCUT2D eigenvalue weighted by Gasteiger charge is 2.13. The van der Waals surface area contributed by atoms with Crippen LogP contribution in [0.3, 0.4) is 0 Å². The van der Waals surface area contributed by atoms with Crippen LogP contribution in [0.5, 0.6) is 0 Å². The van der Waals surface area contributed by atoms with Crippen LogP contribution in [0.15, 0.2) is 47.3 Å². The predicted molar refractivity (Wildman–Crippen MR) is 104 cm³/mol. The normalized spacial score (nSPS) is 10.8. The maximum Gasteiger partial charge on any atom is 0.275 e. The smallest absolute Gasteiger partial charge is 0.275 e. The van der Waals surface area contributed by atoms with Crippen molar-refractivity contribution in [3.8, 4) is 0 Å². The van der Waals surface area contributed by atoms with E-state index in [9.17, 15) is 19.5 Å². The van der Waals surface area contributed by atoms with Gasteiger partial charge in [0.05, 0.1) is 11.4 Å². The molecule has 0 aliphatic heterocycles. The van der Waals surface area contributed by atoms with E-state index in [-0.39, 0.29) is 17.3 Å². The maximum atomic E-state index is 12.5. The van der Waals surface area contributed by atoms with E-state index in [1.807, 2.05) is 0 Å². The molecule has 7 nitrogen and oxygen atoms in total. The summed E-state index contributed by atoms with van der Waals surface area (Å²) in [5, 5.41) is 19.1. The minimum absolute atomic E-state index is 0.150. The number of carbonyl (C=O) groups excluding carboxylic acids is 2. The van der Waals surface area contributed by atoms with E-state index >= 15 is 0 Å². The largest absolute Gasteiger partial charge is 0.543 e. The molecule has 1 amide bonds. The molecule has 0 saturated heterocycles. The minimum Gasteiger partial charge on any atom is -0.543 e. The molecule has 0 spiro atoms. The second-order valence-corrected chi connectivity index (χ2v) is 6.82. The molecule has 28 heavy (non-hydrogen) atoms. The summed E-state index contributed by atoms with van der Waals surface area (Å²) < 4.78 is 0.818. The summed E-state index contributed by atoms with van der Waals surface area (Å²) >= 11 is 11.9. The van der Waals surface area contributed by atoms with Crippen molar-refractivity contribution in [1.29, 1.82) is 0 Å². The van der Waals surface area contributed by atoms with Gasteiger partial charge in [0.1, 0.15) is 12.2 Å². The molecule has 1 aromatic heterocycles. The molecule has 0 saturated carbocycles. The number of carbonyl (C=O) groups is 2. The average molecular weight is 419 g/mol. The number of halogens is 2. The fraction of sp³-hybridized carbons (Fsp3) is 0.158. The number of hydrogen-bond acceptors (Lipinski definition) is 5. The highest BCUT2D eigenvalue weighted by Crippen LogP contribution is 2.21. The minimum atomic E-state index is -1.53. The quantitative estimate of drug-likeness (QED) is 0.651. The first-order valence-electron chi connectivity index (χ1n) is 8.28. The van der Waals surface area contributed by atoms with E-state index in [4.69, 9.17) is 23.2 Å². The lowest BCUT2D eigenvalue weighted by molar-refractivity contribution is -0.255. The first kappa shape index (κ1) is 19.9. The van der Waals surface area contributed by atoms with Crippen molar-refractivity contribution in [2.45, 2.75) is 13.0 Å². The predicted octanol–water partition coefficient (Wildman–Crippen LogP) is 1.43. The zero-order valence-corrected chi connectivity index (χ0v) is 16.0. The third kappa shape index (κ3) is 4.32. The van der Waals surface area contributed by atoms with Crippen LogP contribution >= 0.6 is 23.2 Å². The number of carboxylic acid groups (broad SMARTS) is 1. The third-order valence-corrected chi connectivity index (χ3v) is 4.67. The standard InChI is InChI=1S/C19H15Cl2N3O4/c20-12-6-5-11(15(21)9-12)7-8-22-16(25)10-24-18(26)14-4-2-1-3-13(14)17(23-24)19(27)28/h1-6,9H,7-8,10H2,(H,22,25)(H,27,28)/p-1. The SMILES string of the molecule is O=C(Cn1nc(C(=O)[O-])c2ccccc2c1=O)NCCc1ccc(Cl)cc1Cl. The Morgan fingerprint density at radius 3 is 2.50 bits per heavy atom. The fourth-order valence-corrected chi connectivity index (χ4v) is 3.25. The van der Waals surface area contributed by atoms with Gasteiger partial charge in [-0.15, -0.1) is 0 Å². The fourth-order valence-electron chi connectivity index (χ4n) is 2.75. The molecular formula is C19H14Cl2N3O4-. The Hall–Kier alpha value is -2.90. The second kappa shape index (κ2) is 8.41. The van der Waals surface area contributed by atoms with Crippen molar-refractivity contribution in [2.75, 3.05) is 6.54 Å². The first-order valence-corrected chi connectivity index (χ1v) is 9.04. The molecule has 1 heterocycles. The summed E-state index contributed by atoms with van der Waals surface area (Å²) in [6.07, 6.45) is 0.464. The third-order valence-electron chi connectivity index (χ3n) is 4.09. The Morgan fingerprint density at radius 1 is 1.11 bits per heavy atom. The number of hydrogen-bond donors (Lipinski definition) is 1. The highest BCUT2D eigenvalue weighted by molar-refractivity contribution is 6.35. The van der Waals surface area contributed by atoms with Gasteiger partial charge in [0.25, 0.3) is 5.56 Å². The topological polar surface area (TPSA) is 104 Å². The number of nitrogens with one attached hydrogen (secondary N) is 1. The molecule has 0 bridgehead atoms. The van der Waals surface area contributed by atoms with Gasteiger partial charge in [-0.2, -0.15) is 5.10 Å². The molecule has 0 unspecified atom stereocenters. The Labute approximate surface area is 169 Å². The molecule has 1 N–H and O–H groups in total. The number of carboxylic acids is 1. The number of fused-ring (bicyclic) bond motifs is 1. The molecule has 0 fully saturated rings. The summed E-state index contributed by atoms with van der Waals surface area (Å²) in [7, 11) is 0. The van der Waals surface area contributed by atoms with Gasteiger partial charge in [-0.25, -0.2) is 4.68 Å². The number of rotatable bonds is 6. The van der Waals surface area contributed by atoms with Crippen molar-refractivity contribution < 1.29 is 14.7 Å². The summed E-state index contributed by atoms with van der Waals surface area (Å²) in [6.45, 7) is -0.145. The Morgan fingerprint density at radius 2 is 1.82 bits per heavy atom. The lowest BCUT2D eigenvalue weighted by Crippen LogP contribution is -2.36. The van der Waals surface area contributed by atoms with Crippen molar-refractivity contribution >= 4 is 45.9 Å². The number of aromatic nitrogens is 2. The van der Waals surface area contributed by atoms with Crippen molar-refractivity contribution in [3.05, 3.63) is 74.1 Å². The van der Waals surface area contributed by atoms with Crippen LogP contribution in [-0.4, -0.2) is 28.2 Å². The Balaban J connectivity index is 1.73. The Bertz CT molecular complexity index is 1130. The monoisotopic (exact) mass is 418 g/mol. The van der Waals surface area contributed by atoms with E-state index in [2.05, 4.69) is 10.4 Å². The molecule has 0 atom stereocenters. The lowest BCUT2D eigenvalue weighted by atomic mass is 10.1. The molecule has 0 radical (unpaired) electrons. The molecule has 3 aromatic rings. The maximum absolute atomic E-state index is 12.5. The molecular weight excluding hydrogens is 405 g/mol. The zero-order chi connectivity index (χ0) is 20.3. The van der Waals surface area contributed by atoms with Crippen LogP contribution < -0.4 is 16.0 Å². The van der Waals surface area contributed by atoms with Crippen LogP contribution in [-0.2, 0) is 17.8 Å². The summed E-state index contributed by atoms with van der Waals surface area (Å²) in [4.78, 5) is 36.0. The van der Waals surface area contributed by atoms with E-state index in [1.165, 1.54) is 12.1 Å². The van der Waals surface area contributed by atoms with Gasteiger partial charge in [-0.1, -0.05) is 47.5 Å². The number of benzene rings is 2. The van der Waals surface area contributed by atoms with Gasteiger partial charge in [0.2, 0.25) is 5.91 Å². The summed E-state index contributed by atoms with van der Waals surface area (Å²) in [5.41, 5.74) is -0.140. The van der Waals surface area contributed by atoms with Gasteiger partial charge in [-0.3, -0.25) is 9.59 Å². The molecule has 2 aromatic carbocycles. The molecule has 3 rings (SSSR count). The average Bonchev–Trinajstić information content (AvgIpc) is 2.65. The summed E-state index contributed by atoms with van der Waals surface area (Å²) in [5.74, 6) is -2.01. The van der Waals surface area contributed by atoms with Gasteiger partial charge >= 0.3 is 0 Å². The van der Waals surface area contributed by atoms with Crippen molar-refractivity contribution in [3.63, 3.8) is 0 Å². The Kier molecular flexibility index (Phi) is 5.96. The van der Waals surface area contributed by atoms with Crippen LogP contribution in [0.4, 0.5) is 0 Å². The van der Waals surface area contributed by atoms with Crippen LogP contribution in [0.2, 0.25) is 10.0 Å². The molecule has 0 aliphatic rings. The van der Waals surface area contributed by atoms with Gasteiger partial charge in [0, 0.05) is 22.0 Å². The number of aromatic carboxylic acids is 1. The van der Waals surface area contributed by atoms with E-state index in [1.54, 1.807) is 30.3 Å². The molecule has 9 heteroatoms. The summed E-state index contributed by atoms with van der Waals surface area (Å²) in [6, 6.07) is 11.2. The lowest BCUT2D eigenvalue weighted by Gasteiger charge is -2.12. The van der Waals surface area contributed by atoms with E-state index in [0.717, 1.165) is 10.2 Å². The number of nitrogens with zero attached hydrogens (tertiary/aromatic N) is 2. The first-order chi connectivity index (χ1) is 13.4. The van der Waals surface area contributed by atoms with Crippen molar-refractivity contribution in [2.24, 2.45) is 0 Å². The highest BCUT2D eigenvalue weighted by atomic mass is 35.5. The van der Waals surface area contributed by atoms with Gasteiger partial charge in [0.15, 0.2) is 0 Å².